The Labute approximate surface area is 177 Å². The maximum atomic E-state index is 13.4. The minimum atomic E-state index is -3.79. The van der Waals surface area contributed by atoms with Gasteiger partial charge in [0.2, 0.25) is 5.71 Å². The van der Waals surface area contributed by atoms with Crippen molar-refractivity contribution in [1.82, 2.24) is 19.8 Å². The number of oxazole rings is 1. The van der Waals surface area contributed by atoms with Crippen LogP contribution in [0, 0.1) is 0 Å². The van der Waals surface area contributed by atoms with Crippen molar-refractivity contribution in [2.24, 2.45) is 0 Å². The number of fused-ring (bicyclic) bond motifs is 1. The highest BCUT2D eigenvalue weighted by atomic mass is 16.3. The Bertz CT molecular complexity index is 1470. The van der Waals surface area contributed by atoms with Gasteiger partial charge in [-0.2, -0.15) is 0 Å². The van der Waals surface area contributed by atoms with E-state index in [-0.39, 0.29) is 14.8 Å². The number of pyridine rings is 1. The Balaban J connectivity index is 2.03. The van der Waals surface area contributed by atoms with E-state index in [1.807, 2.05) is 0 Å². The molecular weight excluding hydrogens is 336 g/mol. The zero-order valence-corrected chi connectivity index (χ0v) is 13.2. The van der Waals surface area contributed by atoms with E-state index in [0.29, 0.717) is 6.39 Å². The molecule has 0 saturated carbocycles. The molecule has 8 heteroatoms. The molecule has 2 N–H and O–H groups in total. The Morgan fingerprint density at radius 2 is 2.31 bits per heavy atom. The van der Waals surface area contributed by atoms with E-state index in [2.05, 4.69) is 4.98 Å². The molecule has 0 unspecified atom stereocenters. The van der Waals surface area contributed by atoms with Crippen LogP contribution in [0.2, 0.25) is 1.41 Å². The van der Waals surface area contributed by atoms with Crippen molar-refractivity contribution >= 4 is 17.1 Å². The highest BCUT2D eigenvalue weighted by Gasteiger charge is 2.25. The summed E-state index contributed by atoms with van der Waals surface area (Å²) < 4.78 is 147. The molecule has 3 rings (SSSR count). The molecule has 1 fully saturated rings. The lowest BCUT2D eigenvalue weighted by atomic mass is 10.1. The van der Waals surface area contributed by atoms with Gasteiger partial charge in [0.1, 0.15) is 5.56 Å². The van der Waals surface area contributed by atoms with Gasteiger partial charge in [0.05, 0.1) is 1.37 Å². The van der Waals surface area contributed by atoms with Crippen molar-refractivity contribution in [3.63, 3.8) is 0 Å². The second-order valence-electron chi connectivity index (χ2n) is 5.01. The van der Waals surface area contributed by atoms with Crippen molar-refractivity contribution in [1.29, 1.82) is 0 Å². The molecular formula is C18H26N4O4. The van der Waals surface area contributed by atoms with E-state index in [4.69, 9.17) is 29.1 Å². The zero-order valence-electron chi connectivity index (χ0n) is 31.2. The molecule has 0 bridgehead atoms. The Morgan fingerprint density at radius 3 is 3.04 bits per heavy atom. The van der Waals surface area contributed by atoms with Crippen LogP contribution in [0.25, 0.3) is 11.2 Å². The summed E-state index contributed by atoms with van der Waals surface area (Å²) in [7, 11) is 0. The van der Waals surface area contributed by atoms with Gasteiger partial charge in [-0.3, -0.25) is 14.2 Å². The van der Waals surface area contributed by atoms with E-state index in [1.54, 1.807) is 0 Å². The third-order valence-corrected chi connectivity index (χ3v) is 3.37. The Kier molecular flexibility index (Phi) is 1.94. The number of amides is 1. The van der Waals surface area contributed by atoms with E-state index >= 15 is 0 Å². The van der Waals surface area contributed by atoms with E-state index in [1.165, 1.54) is 0 Å². The number of nitrogens with one attached hydrogen (secondary N) is 1. The van der Waals surface area contributed by atoms with Gasteiger partial charge >= 0.3 is 0 Å². The summed E-state index contributed by atoms with van der Waals surface area (Å²) in [5, 5.41) is 10.6. The van der Waals surface area contributed by atoms with Crippen LogP contribution in [0.1, 0.15) is 78.9 Å². The molecule has 2 aromatic rings. The van der Waals surface area contributed by atoms with Gasteiger partial charge in [-0.15, -0.1) is 0 Å². The quantitative estimate of drug-likeness (QED) is 0.794. The highest BCUT2D eigenvalue weighted by Crippen LogP contribution is 2.26. The standard InChI is InChI=1S/C18H26N4O4/c1-12(2)22-17(25)13(15(23)14-18(22)26-11-20-14)16(24)19-7-6-10-21-8-4-3-5-9-21/h11-12,23H,3-10H2,1-2H3,(H,19,24)/i1D3,2D3,3D2,4D2,5D2,8D2,9D2,12D/hD. The fraction of sp³-hybridized carbons (Fsp3) is 0.611. The molecule has 0 radical (unpaired) electrons. The number of aromatic hydroxyl groups is 1. The van der Waals surface area contributed by atoms with Crippen LogP contribution in [0.15, 0.2) is 15.6 Å². The summed E-state index contributed by atoms with van der Waals surface area (Å²) in [4.78, 5) is 30.2. The molecule has 0 aliphatic carbocycles. The fourth-order valence-corrected chi connectivity index (χ4v) is 2.23. The normalized spacial score (nSPS) is 36.9. The lowest BCUT2D eigenvalue weighted by Gasteiger charge is -2.26. The summed E-state index contributed by atoms with van der Waals surface area (Å²) in [6.07, 6.45) is -10.9. The maximum Gasteiger partial charge on any atom is 0.270 e. The summed E-state index contributed by atoms with van der Waals surface area (Å²) >= 11 is 0. The molecule has 8 nitrogen and oxygen atoms in total. The average Bonchev–Trinajstić information content (AvgIpc) is 3.33. The van der Waals surface area contributed by atoms with Gasteiger partial charge in [0.25, 0.3) is 11.5 Å². The number of carbonyl (C=O) groups is 1. The lowest BCUT2D eigenvalue weighted by molar-refractivity contribution is 0.0946. The van der Waals surface area contributed by atoms with Crippen molar-refractivity contribution in [2.75, 3.05) is 26.1 Å². The summed E-state index contributed by atoms with van der Waals surface area (Å²) in [5.74, 6) is -2.96. The van der Waals surface area contributed by atoms with Crippen LogP contribution >= 0.6 is 0 Å². The summed E-state index contributed by atoms with van der Waals surface area (Å²) in [5.41, 5.74) is -5.04. The molecule has 0 spiro atoms. The Hall–Kier alpha value is -2.35. The highest BCUT2D eigenvalue weighted by molar-refractivity contribution is 6.00. The minimum Gasteiger partial charge on any atom is -0.505 e. The first-order valence-corrected chi connectivity index (χ1v) is 7.28. The van der Waals surface area contributed by atoms with Gasteiger partial charge in [-0.25, -0.2) is 4.98 Å². The average molecular weight is 381 g/mol. The largest absolute Gasteiger partial charge is 0.505 e. The summed E-state index contributed by atoms with van der Waals surface area (Å²) in [6.45, 7) is -16.2. The van der Waals surface area contributed by atoms with Gasteiger partial charge in [0, 0.05) is 34.5 Å². The predicted molar refractivity (Wildman–Crippen MR) is 97.6 cm³/mol. The van der Waals surface area contributed by atoms with Crippen LogP contribution in [0.3, 0.4) is 0 Å². The molecule has 26 heavy (non-hydrogen) atoms. The second kappa shape index (κ2) is 7.90. The number of likely N-dealkylation sites (tertiary alicyclic amines) is 1. The number of nitrogens with zero attached hydrogens (tertiary/aromatic N) is 3. The van der Waals surface area contributed by atoms with Crippen molar-refractivity contribution in [3.8, 4) is 5.75 Å². The van der Waals surface area contributed by atoms with Gasteiger partial charge in [0.15, 0.2) is 19.1 Å². The first kappa shape index (κ1) is 6.37. The Morgan fingerprint density at radius 1 is 1.54 bits per heavy atom. The molecule has 0 atom stereocenters. The van der Waals surface area contributed by atoms with Crippen LogP contribution in [0.5, 0.6) is 5.75 Å². The van der Waals surface area contributed by atoms with Crippen molar-refractivity contribution in [3.05, 3.63) is 22.3 Å². The number of rotatable bonds is 6. The van der Waals surface area contributed by atoms with Crippen molar-refractivity contribution in [2.45, 2.75) is 45.3 Å². The number of aromatic nitrogens is 2. The smallest absolute Gasteiger partial charge is 0.270 e. The van der Waals surface area contributed by atoms with E-state index < -0.39 is 105 Å². The van der Waals surface area contributed by atoms with Crippen LogP contribution in [-0.4, -0.2) is 51.5 Å². The van der Waals surface area contributed by atoms with Crippen LogP contribution in [-0.2, 0) is 0 Å². The third kappa shape index (κ3) is 3.60. The monoisotopic (exact) mass is 380 g/mol. The molecule has 1 aliphatic heterocycles. The number of piperidine rings is 1. The summed E-state index contributed by atoms with van der Waals surface area (Å²) in [6, 6.07) is -3.79. The first-order valence-electron chi connectivity index (χ1n) is 16.2. The molecule has 2 aromatic heterocycles. The lowest BCUT2D eigenvalue weighted by Crippen LogP contribution is -2.36. The minimum absolute atomic E-state index is 0.0410. The molecule has 1 amide bonds. The van der Waals surface area contributed by atoms with Gasteiger partial charge in [-0.1, -0.05) is 6.37 Å². The topological polar surface area (TPSA) is 101 Å². The van der Waals surface area contributed by atoms with Crippen molar-refractivity contribution < 1.29 is 39.0 Å². The molecule has 0 aromatic carbocycles. The number of hydrogen-bond donors (Lipinski definition) is 2. The molecule has 1 aliphatic rings. The van der Waals surface area contributed by atoms with Gasteiger partial charge < -0.3 is 19.7 Å². The van der Waals surface area contributed by atoms with Gasteiger partial charge in [-0.05, 0) is 52.4 Å². The maximum absolute atomic E-state index is 13.4. The third-order valence-electron chi connectivity index (χ3n) is 3.37. The second-order valence-corrected chi connectivity index (χ2v) is 5.01. The number of hydrogen-bond acceptors (Lipinski definition) is 6. The van der Waals surface area contributed by atoms with Crippen LogP contribution < -0.4 is 10.9 Å². The zero-order chi connectivity index (χ0) is 34.4. The van der Waals surface area contributed by atoms with E-state index in [0.717, 1.165) is 0 Å². The fourth-order valence-electron chi connectivity index (χ4n) is 2.23. The first-order chi connectivity index (χ1) is 19.5. The molecule has 142 valence electrons. The molecule has 1 saturated heterocycles. The van der Waals surface area contributed by atoms with E-state index in [9.17, 15) is 14.7 Å². The SMILES string of the molecule is [2H]N(CCCN1C([2H])([2H])C([2H])([2H])C([2H])([2H])C([2H])([2H])C1([2H])[2H])C(=O)c1c(O)c2ncoc2n(C([2H])(C([2H])([2H])[2H])C([2H])([2H])[2H])c1=O. The predicted octanol–water partition coefficient (Wildman–Crippen LogP) is 1.88. The molecule has 3 heterocycles. The number of carbonyl (C=O) groups excluding carboxylic acids is 1. The van der Waals surface area contributed by atoms with Crippen LogP contribution in [0.4, 0.5) is 0 Å².